The van der Waals surface area contributed by atoms with Crippen molar-refractivity contribution in [1.82, 2.24) is 0 Å². The highest BCUT2D eigenvalue weighted by Crippen LogP contribution is 2.56. The molecule has 1 nitrogen and oxygen atoms in total. The van der Waals surface area contributed by atoms with Gasteiger partial charge in [-0.3, -0.25) is 4.79 Å². The molecule has 72 valence electrons. The molecule has 0 aromatic rings. The lowest BCUT2D eigenvalue weighted by atomic mass is 9.52. The Morgan fingerprint density at radius 3 is 1.77 bits per heavy atom. The van der Waals surface area contributed by atoms with E-state index in [0.717, 1.165) is 11.8 Å². The van der Waals surface area contributed by atoms with E-state index in [-0.39, 0.29) is 11.2 Å². The van der Waals surface area contributed by atoms with E-state index in [1.54, 1.807) is 0 Å². The third-order valence-electron chi connectivity index (χ3n) is 4.49. The van der Waals surface area contributed by atoms with Gasteiger partial charge in [-0.15, -0.1) is 0 Å². The monoisotopic (exact) mass is 198 g/mol. The molecular weight excluding hydrogens is 184 g/mol. The number of rotatable bonds is 1. The van der Waals surface area contributed by atoms with Gasteiger partial charge in [-0.25, -0.2) is 0 Å². The first-order valence-electron chi connectivity index (χ1n) is 5.43. The van der Waals surface area contributed by atoms with Gasteiger partial charge in [0.15, 0.2) is 0 Å². The Balaban J connectivity index is 1.89. The third-order valence-corrected chi connectivity index (χ3v) is 4.74. The molecule has 4 fully saturated rings. The van der Waals surface area contributed by atoms with Crippen molar-refractivity contribution < 1.29 is 4.79 Å². The van der Waals surface area contributed by atoms with E-state index in [2.05, 4.69) is 0 Å². The molecule has 4 bridgehead atoms. The van der Waals surface area contributed by atoms with Crippen molar-refractivity contribution in [1.29, 1.82) is 0 Å². The van der Waals surface area contributed by atoms with Crippen LogP contribution in [0.4, 0.5) is 0 Å². The average Bonchev–Trinajstić information content (AvgIpc) is 2.00. The van der Waals surface area contributed by atoms with Crippen molar-refractivity contribution in [2.45, 2.75) is 32.1 Å². The molecule has 0 aromatic carbocycles. The number of carbonyl (C=O) groups is 1. The molecule has 0 amide bonds. The van der Waals surface area contributed by atoms with Gasteiger partial charge < -0.3 is 0 Å². The second-order valence-corrected chi connectivity index (χ2v) is 5.63. The van der Waals surface area contributed by atoms with E-state index >= 15 is 0 Å². The van der Waals surface area contributed by atoms with Gasteiger partial charge in [-0.05, 0) is 67.4 Å². The number of halogens is 1. The minimum atomic E-state index is -0.0474. The summed E-state index contributed by atoms with van der Waals surface area (Å²) in [6, 6.07) is 0. The maximum Gasteiger partial charge on any atom is 0.225 e. The molecule has 0 aliphatic heterocycles. The molecule has 4 aliphatic carbocycles. The van der Waals surface area contributed by atoms with Gasteiger partial charge in [0.05, 0.1) is 0 Å². The number of hydrogen-bond acceptors (Lipinski definition) is 1. The molecule has 4 rings (SSSR count). The third kappa shape index (κ3) is 1.16. The number of hydrogen-bond donors (Lipinski definition) is 0. The first kappa shape index (κ1) is 8.28. The second-order valence-electron chi connectivity index (χ2n) is 5.26. The molecule has 13 heavy (non-hydrogen) atoms. The minimum Gasteiger partial charge on any atom is -0.281 e. The van der Waals surface area contributed by atoms with Gasteiger partial charge in [-0.2, -0.15) is 0 Å². The van der Waals surface area contributed by atoms with E-state index in [9.17, 15) is 4.79 Å². The van der Waals surface area contributed by atoms with Crippen LogP contribution in [0.1, 0.15) is 32.1 Å². The molecule has 4 aliphatic rings. The maximum atomic E-state index is 11.3. The summed E-state index contributed by atoms with van der Waals surface area (Å²) < 4.78 is 0. The fourth-order valence-electron chi connectivity index (χ4n) is 4.30. The van der Waals surface area contributed by atoms with Crippen molar-refractivity contribution in [2.75, 3.05) is 0 Å². The highest BCUT2D eigenvalue weighted by Gasteiger charge is 2.50. The zero-order chi connectivity index (χ0) is 9.00. The Labute approximate surface area is 83.8 Å². The smallest absolute Gasteiger partial charge is 0.225 e. The van der Waals surface area contributed by atoms with Crippen molar-refractivity contribution in [2.24, 2.45) is 29.6 Å². The van der Waals surface area contributed by atoms with Crippen LogP contribution < -0.4 is 0 Å². The first-order chi connectivity index (χ1) is 6.24. The first-order valence-corrected chi connectivity index (χ1v) is 5.81. The topological polar surface area (TPSA) is 17.1 Å². The van der Waals surface area contributed by atoms with E-state index in [4.69, 9.17) is 11.6 Å². The summed E-state index contributed by atoms with van der Waals surface area (Å²) in [4.78, 5) is 11.3. The SMILES string of the molecule is O=C(Cl)C1C2CC3CC(C2)CC1C3. The largest absolute Gasteiger partial charge is 0.281 e. The van der Waals surface area contributed by atoms with Gasteiger partial charge >= 0.3 is 0 Å². The standard InChI is InChI=1S/C11H15ClO/c12-11(13)10-8-2-6-1-7(4-8)5-9(10)3-6/h6-10H,1-5H2. The van der Waals surface area contributed by atoms with Crippen LogP contribution in [0.2, 0.25) is 0 Å². The Bertz CT molecular complexity index is 220. The molecule has 0 saturated heterocycles. The Morgan fingerprint density at radius 1 is 0.923 bits per heavy atom. The fraction of sp³-hybridized carbons (Fsp3) is 0.909. The lowest BCUT2D eigenvalue weighted by Gasteiger charge is -2.53. The van der Waals surface area contributed by atoms with Crippen LogP contribution >= 0.6 is 11.6 Å². The molecule has 0 atom stereocenters. The van der Waals surface area contributed by atoms with E-state index in [1.165, 1.54) is 32.1 Å². The summed E-state index contributed by atoms with van der Waals surface area (Å²) in [6.07, 6.45) is 6.59. The van der Waals surface area contributed by atoms with Gasteiger partial charge in [0.2, 0.25) is 5.24 Å². The zero-order valence-corrected chi connectivity index (χ0v) is 8.46. The molecule has 0 heterocycles. The van der Waals surface area contributed by atoms with E-state index in [1.807, 2.05) is 0 Å². The molecule has 2 heteroatoms. The zero-order valence-electron chi connectivity index (χ0n) is 7.71. The van der Waals surface area contributed by atoms with Gasteiger partial charge in [-0.1, -0.05) is 0 Å². The Kier molecular flexibility index (Phi) is 1.74. The summed E-state index contributed by atoms with van der Waals surface area (Å²) in [6.45, 7) is 0. The Morgan fingerprint density at radius 2 is 1.38 bits per heavy atom. The van der Waals surface area contributed by atoms with Crippen LogP contribution in [0.5, 0.6) is 0 Å². The second kappa shape index (κ2) is 2.73. The summed E-state index contributed by atoms with van der Waals surface area (Å²) >= 11 is 5.68. The van der Waals surface area contributed by atoms with Gasteiger partial charge in [0.1, 0.15) is 0 Å². The maximum absolute atomic E-state index is 11.3. The molecule has 0 spiro atoms. The van der Waals surface area contributed by atoms with E-state index < -0.39 is 0 Å². The number of carbonyl (C=O) groups excluding carboxylic acids is 1. The highest BCUT2D eigenvalue weighted by molar-refractivity contribution is 6.64. The van der Waals surface area contributed by atoms with Crippen molar-refractivity contribution in [3.05, 3.63) is 0 Å². The summed E-state index contributed by atoms with van der Waals surface area (Å²) in [7, 11) is 0. The van der Waals surface area contributed by atoms with Crippen LogP contribution in [-0.2, 0) is 4.79 Å². The molecular formula is C11H15ClO. The summed E-state index contributed by atoms with van der Waals surface area (Å²) in [5, 5.41) is -0.0474. The highest BCUT2D eigenvalue weighted by atomic mass is 35.5. The molecule has 4 saturated carbocycles. The summed E-state index contributed by atoms with van der Waals surface area (Å²) in [5.74, 6) is 3.42. The van der Waals surface area contributed by atoms with Crippen LogP contribution in [0.25, 0.3) is 0 Å². The van der Waals surface area contributed by atoms with Crippen LogP contribution in [0, 0.1) is 29.6 Å². The van der Waals surface area contributed by atoms with Crippen LogP contribution in [0.3, 0.4) is 0 Å². The normalized spacial score (nSPS) is 52.5. The van der Waals surface area contributed by atoms with Crippen molar-refractivity contribution in [3.63, 3.8) is 0 Å². The lowest BCUT2D eigenvalue weighted by Crippen LogP contribution is -2.47. The quantitative estimate of drug-likeness (QED) is 0.593. The predicted octanol–water partition coefficient (Wildman–Crippen LogP) is 2.82. The fourth-order valence-corrected chi connectivity index (χ4v) is 4.65. The van der Waals surface area contributed by atoms with Gasteiger partial charge in [0, 0.05) is 5.92 Å². The summed E-state index contributed by atoms with van der Waals surface area (Å²) in [5.41, 5.74) is 0. The Hall–Kier alpha value is -0.0400. The average molecular weight is 199 g/mol. The van der Waals surface area contributed by atoms with Gasteiger partial charge in [0.25, 0.3) is 0 Å². The predicted molar refractivity (Wildman–Crippen MR) is 51.4 cm³/mol. The lowest BCUT2D eigenvalue weighted by molar-refractivity contribution is -0.127. The minimum absolute atomic E-state index is 0.0474. The molecule has 0 unspecified atom stereocenters. The molecule has 0 N–H and O–H groups in total. The van der Waals surface area contributed by atoms with Crippen LogP contribution in [-0.4, -0.2) is 5.24 Å². The van der Waals surface area contributed by atoms with Crippen LogP contribution in [0.15, 0.2) is 0 Å². The molecule has 0 aromatic heterocycles. The van der Waals surface area contributed by atoms with Crippen molar-refractivity contribution >= 4 is 16.8 Å². The van der Waals surface area contributed by atoms with E-state index in [0.29, 0.717) is 11.8 Å². The molecule has 0 radical (unpaired) electrons. The van der Waals surface area contributed by atoms with Crippen molar-refractivity contribution in [3.8, 4) is 0 Å².